The van der Waals surface area contributed by atoms with Gasteiger partial charge in [-0.25, -0.2) is 18.7 Å². The predicted molar refractivity (Wildman–Crippen MR) is 197 cm³/mol. The maximum atomic E-state index is 14.5. The molecule has 4 heterocycles. The number of carbonyl (C=O) groups is 1. The average Bonchev–Trinajstić information content (AvgIpc) is 3.47. The highest BCUT2D eigenvalue weighted by Crippen LogP contribution is 2.34. The van der Waals surface area contributed by atoms with Crippen LogP contribution >= 0.6 is 0 Å². The van der Waals surface area contributed by atoms with E-state index in [-0.39, 0.29) is 28.8 Å². The lowest BCUT2D eigenvalue weighted by Crippen LogP contribution is -2.48. The quantitative estimate of drug-likeness (QED) is 0.177. The zero-order valence-electron chi connectivity index (χ0n) is 29.9. The Labute approximate surface area is 297 Å². The number of halogens is 1. The van der Waals surface area contributed by atoms with E-state index in [0.717, 1.165) is 55.7 Å². The SMILES string of the molecule is Cc1cc(C(=O)CC2CCC(n3c(=O)c4cc(F)cnc4n(-c4cccc(-c5ccc(CN6CCN(C(C)C)CC6)cc5)c4)c3=O)CC2)nn1C. The molecular formula is C40H46FN7O3. The highest BCUT2D eigenvalue weighted by molar-refractivity contribution is 5.94. The number of hydrogen-bond donors (Lipinski definition) is 0. The van der Waals surface area contributed by atoms with Crippen LogP contribution in [0.3, 0.4) is 0 Å². The number of fused-ring (bicyclic) bond motifs is 1. The molecule has 2 aliphatic rings. The van der Waals surface area contributed by atoms with E-state index >= 15 is 0 Å². The minimum absolute atomic E-state index is 0.00334. The number of hydrogen-bond acceptors (Lipinski definition) is 7. The number of ketones is 1. The average molecular weight is 692 g/mol. The lowest BCUT2D eigenvalue weighted by Gasteiger charge is -2.36. The van der Waals surface area contributed by atoms with Gasteiger partial charge in [-0.05, 0) is 93.3 Å². The van der Waals surface area contributed by atoms with Crippen molar-refractivity contribution in [3.63, 3.8) is 0 Å². The largest absolute Gasteiger partial charge is 0.337 e. The highest BCUT2D eigenvalue weighted by Gasteiger charge is 2.29. The molecule has 0 N–H and O–H groups in total. The van der Waals surface area contributed by atoms with Gasteiger partial charge in [-0.2, -0.15) is 5.10 Å². The number of nitrogens with zero attached hydrogens (tertiary/aromatic N) is 7. The maximum absolute atomic E-state index is 14.5. The van der Waals surface area contributed by atoms with Crippen LogP contribution in [0.2, 0.25) is 0 Å². The Hall–Kier alpha value is -4.74. The van der Waals surface area contributed by atoms with Crippen molar-refractivity contribution in [2.75, 3.05) is 26.2 Å². The number of Topliss-reactive ketones (excluding diaryl/α,β-unsaturated/α-hetero) is 1. The van der Waals surface area contributed by atoms with E-state index in [1.165, 1.54) is 20.8 Å². The minimum atomic E-state index is -0.640. The fourth-order valence-corrected chi connectivity index (χ4v) is 7.73. The van der Waals surface area contributed by atoms with Gasteiger partial charge in [-0.1, -0.05) is 36.4 Å². The smallest absolute Gasteiger partial charge is 0.298 e. The second-order valence-corrected chi connectivity index (χ2v) is 14.6. The van der Waals surface area contributed by atoms with Gasteiger partial charge >= 0.3 is 5.69 Å². The zero-order valence-corrected chi connectivity index (χ0v) is 29.9. The van der Waals surface area contributed by atoms with Crippen molar-refractivity contribution in [2.45, 2.75) is 71.5 Å². The minimum Gasteiger partial charge on any atom is -0.298 e. The molecule has 0 unspecified atom stereocenters. The third kappa shape index (κ3) is 7.23. The molecule has 2 fully saturated rings. The molecular weight excluding hydrogens is 645 g/mol. The maximum Gasteiger partial charge on any atom is 0.337 e. The molecule has 1 aliphatic carbocycles. The van der Waals surface area contributed by atoms with E-state index in [4.69, 9.17) is 0 Å². The van der Waals surface area contributed by atoms with Crippen molar-refractivity contribution in [1.29, 1.82) is 0 Å². The van der Waals surface area contributed by atoms with Crippen LogP contribution in [-0.2, 0) is 13.6 Å². The van der Waals surface area contributed by atoms with Crippen LogP contribution < -0.4 is 11.2 Å². The summed E-state index contributed by atoms with van der Waals surface area (Å²) in [5.41, 5.74) is 4.18. The Morgan fingerprint density at radius 3 is 2.31 bits per heavy atom. The van der Waals surface area contributed by atoms with Crippen molar-refractivity contribution in [3.8, 4) is 16.8 Å². The fourth-order valence-electron chi connectivity index (χ4n) is 7.73. The molecule has 7 rings (SSSR count). The molecule has 10 nitrogen and oxygen atoms in total. The van der Waals surface area contributed by atoms with E-state index < -0.39 is 17.1 Å². The molecule has 266 valence electrons. The van der Waals surface area contributed by atoms with Crippen LogP contribution in [0.5, 0.6) is 0 Å². The van der Waals surface area contributed by atoms with Gasteiger partial charge in [0.15, 0.2) is 11.4 Å². The summed E-state index contributed by atoms with van der Waals surface area (Å²) in [5, 5.41) is 4.39. The molecule has 1 saturated heterocycles. The zero-order chi connectivity index (χ0) is 35.8. The summed E-state index contributed by atoms with van der Waals surface area (Å²) in [4.78, 5) is 50.4. The first kappa shape index (κ1) is 34.7. The number of aromatic nitrogens is 5. The van der Waals surface area contributed by atoms with Crippen LogP contribution in [0.1, 0.15) is 73.7 Å². The van der Waals surface area contributed by atoms with E-state index in [9.17, 15) is 18.8 Å². The van der Waals surface area contributed by atoms with E-state index in [0.29, 0.717) is 49.5 Å². The molecule has 0 spiro atoms. The summed E-state index contributed by atoms with van der Waals surface area (Å²) in [7, 11) is 1.82. The van der Waals surface area contributed by atoms with Gasteiger partial charge in [0, 0.05) is 64.0 Å². The van der Waals surface area contributed by atoms with Crippen LogP contribution in [0, 0.1) is 18.7 Å². The van der Waals surface area contributed by atoms with Gasteiger partial charge in [0.25, 0.3) is 5.56 Å². The van der Waals surface area contributed by atoms with Gasteiger partial charge in [-0.3, -0.25) is 28.6 Å². The number of piperazine rings is 1. The molecule has 51 heavy (non-hydrogen) atoms. The topological polar surface area (TPSA) is 98.3 Å². The first-order valence-electron chi connectivity index (χ1n) is 18.1. The van der Waals surface area contributed by atoms with Crippen molar-refractivity contribution >= 4 is 16.8 Å². The van der Waals surface area contributed by atoms with Crippen LogP contribution in [0.15, 0.2) is 76.4 Å². The summed E-state index contributed by atoms with van der Waals surface area (Å²) < 4.78 is 19.0. The first-order valence-corrected chi connectivity index (χ1v) is 18.1. The molecule has 5 aromatic rings. The molecule has 1 saturated carbocycles. The second kappa shape index (κ2) is 14.5. The molecule has 0 bridgehead atoms. The highest BCUT2D eigenvalue weighted by atomic mass is 19.1. The Bertz CT molecular complexity index is 2150. The number of benzene rings is 2. The second-order valence-electron chi connectivity index (χ2n) is 14.6. The fraction of sp³-hybridized carbons (Fsp3) is 0.425. The number of pyridine rings is 1. The molecule has 0 amide bonds. The summed E-state index contributed by atoms with van der Waals surface area (Å²) in [6.45, 7) is 11.6. The lowest BCUT2D eigenvalue weighted by molar-refractivity contribution is 0.0937. The Kier molecular flexibility index (Phi) is 9.85. The lowest BCUT2D eigenvalue weighted by atomic mass is 9.82. The van der Waals surface area contributed by atoms with Gasteiger partial charge < -0.3 is 0 Å². The van der Waals surface area contributed by atoms with Crippen molar-refractivity contribution in [2.24, 2.45) is 13.0 Å². The van der Waals surface area contributed by atoms with Crippen molar-refractivity contribution in [1.82, 2.24) is 33.7 Å². The first-order chi connectivity index (χ1) is 24.5. The van der Waals surface area contributed by atoms with Crippen molar-refractivity contribution < 1.29 is 9.18 Å². The summed E-state index contributed by atoms with van der Waals surface area (Å²) in [5.74, 6) is -0.505. The Balaban J connectivity index is 1.13. The normalized spacial score (nSPS) is 18.9. The van der Waals surface area contributed by atoms with Crippen molar-refractivity contribution in [3.05, 3.63) is 110 Å². The van der Waals surface area contributed by atoms with E-state index in [1.54, 1.807) is 10.7 Å². The molecule has 2 aromatic carbocycles. The monoisotopic (exact) mass is 691 g/mol. The van der Waals surface area contributed by atoms with Gasteiger partial charge in [-0.15, -0.1) is 0 Å². The predicted octanol–water partition coefficient (Wildman–Crippen LogP) is 5.93. The Morgan fingerprint density at radius 2 is 1.65 bits per heavy atom. The van der Waals surface area contributed by atoms with Gasteiger partial charge in [0.2, 0.25) is 0 Å². The summed E-state index contributed by atoms with van der Waals surface area (Å²) in [6, 6.07) is 19.3. The molecule has 0 atom stereocenters. The van der Waals surface area contributed by atoms with Gasteiger partial charge in [0.05, 0.1) is 17.3 Å². The third-order valence-electron chi connectivity index (χ3n) is 10.9. The molecule has 0 radical (unpaired) electrons. The third-order valence-corrected chi connectivity index (χ3v) is 10.9. The number of aryl methyl sites for hydroxylation is 2. The van der Waals surface area contributed by atoms with E-state index in [2.05, 4.69) is 58.0 Å². The van der Waals surface area contributed by atoms with Crippen LogP contribution in [0.4, 0.5) is 4.39 Å². The van der Waals surface area contributed by atoms with Crippen LogP contribution in [-0.4, -0.2) is 71.7 Å². The standard InChI is InChI=1S/C40H46FN7O3/c1-26(2)46-18-16-45(17-19-46)25-29-8-12-30(13-9-29)31-6-5-7-34(22-31)47-38-35(23-32(41)24-42-38)39(50)48(40(47)51)33-14-10-28(11-15-33)21-37(49)36-20-27(3)44(4)43-36/h5-9,12-13,20,22-24,26,28,33H,10-11,14-19,21,25H2,1-4H3. The Morgan fingerprint density at radius 1 is 0.922 bits per heavy atom. The molecule has 3 aromatic heterocycles. The number of rotatable bonds is 9. The molecule has 1 aliphatic heterocycles. The van der Waals surface area contributed by atoms with E-state index in [1.807, 2.05) is 38.2 Å². The van der Waals surface area contributed by atoms with Gasteiger partial charge in [0.1, 0.15) is 11.5 Å². The van der Waals surface area contributed by atoms with Crippen LogP contribution in [0.25, 0.3) is 27.8 Å². The summed E-state index contributed by atoms with van der Waals surface area (Å²) >= 11 is 0. The molecule has 11 heteroatoms. The number of carbonyl (C=O) groups excluding carboxylic acids is 1. The summed E-state index contributed by atoms with van der Waals surface area (Å²) in [6.07, 6.45) is 3.90.